The lowest BCUT2D eigenvalue weighted by Crippen LogP contribution is -2.19. The Hall–Kier alpha value is -1.73. The molecule has 0 spiro atoms. The molecule has 3 atom stereocenters. The van der Waals surface area contributed by atoms with Crippen molar-refractivity contribution in [3.05, 3.63) is 22.4 Å². The summed E-state index contributed by atoms with van der Waals surface area (Å²) in [5.41, 5.74) is 0.287. The average molecular weight is 264 g/mol. The molecule has 0 aliphatic carbocycles. The molecule has 0 amide bonds. The smallest absolute Gasteiger partial charge is 0.262 e. The molecule has 1 aliphatic rings. The highest BCUT2D eigenvalue weighted by Gasteiger charge is 2.35. The molecular weight excluding hydrogens is 248 g/mol. The van der Waals surface area contributed by atoms with Crippen LogP contribution in [-0.4, -0.2) is 37.1 Å². The first-order chi connectivity index (χ1) is 9.10. The predicted octanol–water partition coefficient (Wildman–Crippen LogP) is 0.486. The molecule has 2 aromatic heterocycles. The number of rotatable bonds is 2. The Balaban J connectivity index is 2.05. The second-order valence-electron chi connectivity index (χ2n) is 4.82. The van der Waals surface area contributed by atoms with Crippen LogP contribution in [0.2, 0.25) is 0 Å². The maximum absolute atomic E-state index is 11.8. The van der Waals surface area contributed by atoms with Crippen LogP contribution in [0.3, 0.4) is 0 Å². The number of fused-ring (bicyclic) bond motifs is 1. The number of nitrogens with one attached hydrogen (secondary N) is 1. The topological polar surface area (TPSA) is 93.0 Å². The normalized spacial score (nSPS) is 27.2. The molecule has 3 rings (SSSR count). The van der Waals surface area contributed by atoms with Crippen molar-refractivity contribution in [1.82, 2.24) is 19.7 Å². The third-order valence-electron chi connectivity index (χ3n) is 3.46. The van der Waals surface area contributed by atoms with Gasteiger partial charge in [0.05, 0.1) is 18.4 Å². The van der Waals surface area contributed by atoms with E-state index in [-0.39, 0.29) is 17.9 Å². The van der Waals surface area contributed by atoms with Crippen LogP contribution in [0, 0.1) is 6.92 Å². The monoisotopic (exact) mass is 264 g/mol. The van der Waals surface area contributed by atoms with Gasteiger partial charge in [0.2, 0.25) is 0 Å². The van der Waals surface area contributed by atoms with E-state index in [1.54, 1.807) is 11.6 Å². The molecule has 0 bridgehead atoms. The van der Waals surface area contributed by atoms with Gasteiger partial charge in [-0.1, -0.05) is 6.92 Å². The number of hydrogen-bond donors (Lipinski definition) is 2. The fourth-order valence-electron chi connectivity index (χ4n) is 2.49. The fraction of sp³-hybridized carbons (Fsp3) is 0.583. The third kappa shape index (κ3) is 1.95. The molecule has 2 N–H and O–H groups in total. The van der Waals surface area contributed by atoms with Crippen LogP contribution in [0.5, 0.6) is 0 Å². The van der Waals surface area contributed by atoms with Gasteiger partial charge in [0.15, 0.2) is 11.9 Å². The summed E-state index contributed by atoms with van der Waals surface area (Å²) in [6.45, 7) is 3.68. The highest BCUT2D eigenvalue weighted by molar-refractivity contribution is 5.73. The van der Waals surface area contributed by atoms with Crippen molar-refractivity contribution >= 4 is 11.0 Å². The molecule has 1 saturated heterocycles. The van der Waals surface area contributed by atoms with Crippen LogP contribution in [0.4, 0.5) is 0 Å². The first kappa shape index (κ1) is 12.3. The summed E-state index contributed by atoms with van der Waals surface area (Å²) in [6.07, 6.45) is 1.62. The Bertz CT molecular complexity index is 663. The number of aromatic nitrogens is 4. The van der Waals surface area contributed by atoms with Crippen molar-refractivity contribution in [3.8, 4) is 0 Å². The molecule has 1 unspecified atom stereocenters. The lowest BCUT2D eigenvalue weighted by Gasteiger charge is -2.13. The second-order valence-corrected chi connectivity index (χ2v) is 4.82. The number of aromatic amines is 1. The minimum atomic E-state index is -0.502. The van der Waals surface area contributed by atoms with Gasteiger partial charge in [-0.15, -0.1) is 0 Å². The third-order valence-corrected chi connectivity index (χ3v) is 3.46. The predicted molar refractivity (Wildman–Crippen MR) is 67.7 cm³/mol. The summed E-state index contributed by atoms with van der Waals surface area (Å²) < 4.78 is 7.33. The Morgan fingerprint density at radius 2 is 2.42 bits per heavy atom. The quantitative estimate of drug-likeness (QED) is 0.823. The molecule has 2 aromatic rings. The molecular formula is C12H16N4O3. The van der Waals surface area contributed by atoms with Crippen molar-refractivity contribution in [2.45, 2.75) is 45.1 Å². The van der Waals surface area contributed by atoms with Crippen molar-refractivity contribution in [2.24, 2.45) is 0 Å². The number of H-pyrrole nitrogens is 1. The molecule has 3 heterocycles. The van der Waals surface area contributed by atoms with Crippen LogP contribution in [0.25, 0.3) is 11.0 Å². The minimum Gasteiger partial charge on any atom is -0.390 e. The first-order valence-corrected chi connectivity index (χ1v) is 6.37. The van der Waals surface area contributed by atoms with E-state index < -0.39 is 6.10 Å². The van der Waals surface area contributed by atoms with E-state index in [0.29, 0.717) is 23.3 Å². The standard InChI is InChI=1S/C12H16N4O3/c1-3-9-8(17)4-10(19-9)16-11-7(5-13-16)12(18)15-6(2)14-11/h5,8-10,17H,3-4H2,1-2H3,(H,14,15,18)/t8?,9-,10-/m1/s1. The maximum atomic E-state index is 11.8. The zero-order valence-electron chi connectivity index (χ0n) is 10.8. The largest absolute Gasteiger partial charge is 0.390 e. The molecule has 102 valence electrons. The van der Waals surface area contributed by atoms with E-state index in [2.05, 4.69) is 15.1 Å². The summed E-state index contributed by atoms with van der Waals surface area (Å²) in [7, 11) is 0. The Kier molecular flexibility index (Phi) is 2.87. The molecule has 0 aromatic carbocycles. The van der Waals surface area contributed by atoms with E-state index in [9.17, 15) is 9.90 Å². The molecule has 1 aliphatic heterocycles. The first-order valence-electron chi connectivity index (χ1n) is 6.37. The van der Waals surface area contributed by atoms with Gasteiger partial charge in [-0.3, -0.25) is 4.79 Å². The van der Waals surface area contributed by atoms with Crippen LogP contribution in [0.15, 0.2) is 11.0 Å². The number of aliphatic hydroxyl groups is 1. The molecule has 0 radical (unpaired) electrons. The van der Waals surface area contributed by atoms with Gasteiger partial charge in [0, 0.05) is 6.42 Å². The molecule has 7 nitrogen and oxygen atoms in total. The second kappa shape index (κ2) is 4.43. The van der Waals surface area contributed by atoms with E-state index in [1.807, 2.05) is 6.92 Å². The molecule has 19 heavy (non-hydrogen) atoms. The van der Waals surface area contributed by atoms with E-state index in [4.69, 9.17) is 4.74 Å². The SMILES string of the molecule is CC[C@H]1O[C@@H](n2ncc3c(=O)[nH]c(C)nc32)CC1O. The van der Waals surface area contributed by atoms with Gasteiger partial charge in [0.1, 0.15) is 11.2 Å². The maximum Gasteiger partial charge on any atom is 0.262 e. The average Bonchev–Trinajstić information content (AvgIpc) is 2.92. The van der Waals surface area contributed by atoms with Crippen LogP contribution < -0.4 is 5.56 Å². The minimum absolute atomic E-state index is 0.188. The lowest BCUT2D eigenvalue weighted by atomic mass is 10.1. The van der Waals surface area contributed by atoms with Gasteiger partial charge < -0.3 is 14.8 Å². The van der Waals surface area contributed by atoms with Crippen molar-refractivity contribution in [3.63, 3.8) is 0 Å². The summed E-state index contributed by atoms with van der Waals surface area (Å²) >= 11 is 0. The zero-order valence-corrected chi connectivity index (χ0v) is 10.8. The van der Waals surface area contributed by atoms with Gasteiger partial charge in [-0.05, 0) is 13.3 Å². The van der Waals surface area contributed by atoms with E-state index in [0.717, 1.165) is 6.42 Å². The number of hydrogen-bond acceptors (Lipinski definition) is 5. The van der Waals surface area contributed by atoms with E-state index >= 15 is 0 Å². The Labute approximate surface area is 109 Å². The van der Waals surface area contributed by atoms with Crippen molar-refractivity contribution in [2.75, 3.05) is 0 Å². The molecule has 1 fully saturated rings. The number of aryl methyl sites for hydroxylation is 1. The molecule has 7 heteroatoms. The van der Waals surface area contributed by atoms with Crippen LogP contribution >= 0.6 is 0 Å². The van der Waals surface area contributed by atoms with Crippen molar-refractivity contribution in [1.29, 1.82) is 0 Å². The summed E-state index contributed by atoms with van der Waals surface area (Å²) in [5, 5.41) is 14.5. The zero-order chi connectivity index (χ0) is 13.6. The van der Waals surface area contributed by atoms with Gasteiger partial charge >= 0.3 is 0 Å². The summed E-state index contributed by atoms with van der Waals surface area (Å²) in [6, 6.07) is 0. The number of nitrogens with zero attached hydrogens (tertiary/aromatic N) is 3. The van der Waals surface area contributed by atoms with Crippen molar-refractivity contribution < 1.29 is 9.84 Å². The van der Waals surface area contributed by atoms with Gasteiger partial charge in [0.25, 0.3) is 5.56 Å². The van der Waals surface area contributed by atoms with Crippen LogP contribution in [0.1, 0.15) is 31.8 Å². The van der Waals surface area contributed by atoms with E-state index in [1.165, 1.54) is 6.20 Å². The molecule has 0 saturated carbocycles. The lowest BCUT2D eigenvalue weighted by molar-refractivity contribution is -0.0232. The Morgan fingerprint density at radius 1 is 1.63 bits per heavy atom. The van der Waals surface area contributed by atoms with Crippen LogP contribution in [-0.2, 0) is 4.74 Å². The number of ether oxygens (including phenoxy) is 1. The summed E-state index contributed by atoms with van der Waals surface area (Å²) in [5.74, 6) is 0.532. The fourth-order valence-corrected chi connectivity index (χ4v) is 2.49. The highest BCUT2D eigenvalue weighted by Crippen LogP contribution is 2.31. The highest BCUT2D eigenvalue weighted by atomic mass is 16.5. The van der Waals surface area contributed by atoms with Gasteiger partial charge in [-0.25, -0.2) is 9.67 Å². The van der Waals surface area contributed by atoms with Gasteiger partial charge in [-0.2, -0.15) is 5.10 Å². The number of aliphatic hydroxyl groups excluding tert-OH is 1. The Morgan fingerprint density at radius 3 is 3.11 bits per heavy atom. The summed E-state index contributed by atoms with van der Waals surface area (Å²) in [4.78, 5) is 18.7.